The average molecular weight is 252 g/mol. The van der Waals surface area contributed by atoms with Crippen molar-refractivity contribution in [3.63, 3.8) is 0 Å². The van der Waals surface area contributed by atoms with E-state index in [0.717, 1.165) is 24.9 Å². The lowest BCUT2D eigenvalue weighted by atomic mass is 9.99. The number of hydrogen-bond acceptors (Lipinski definition) is 2. The Labute approximate surface area is 115 Å². The third-order valence-electron chi connectivity index (χ3n) is 3.22. The minimum absolute atomic E-state index is 0.324. The molecule has 0 fully saturated rings. The minimum Gasteiger partial charge on any atom is -0.310 e. The first kappa shape index (κ1) is 13.6. The lowest BCUT2D eigenvalue weighted by molar-refractivity contribution is 0.525. The Hall–Kier alpha value is -1.85. The quantitative estimate of drug-likeness (QED) is 0.821. The zero-order valence-corrected chi connectivity index (χ0v) is 11.6. The number of para-hydroxylation sites is 1. The number of benzene rings is 1. The monoisotopic (exact) mass is 252 g/mol. The van der Waals surface area contributed by atoms with Crippen molar-refractivity contribution in [1.29, 1.82) is 0 Å². The number of rotatable bonds is 5. The molecule has 0 radical (unpaired) electrons. The Bertz CT molecular complexity index is 587. The lowest BCUT2D eigenvalue weighted by Gasteiger charge is -2.18. The highest BCUT2D eigenvalue weighted by atomic mass is 14.9. The van der Waals surface area contributed by atoms with Gasteiger partial charge in [-0.2, -0.15) is 0 Å². The average Bonchev–Trinajstić information content (AvgIpc) is 2.46. The Morgan fingerprint density at radius 1 is 1.26 bits per heavy atom. The van der Waals surface area contributed by atoms with Crippen LogP contribution >= 0.6 is 0 Å². The first-order valence-corrected chi connectivity index (χ1v) is 6.83. The van der Waals surface area contributed by atoms with E-state index in [2.05, 4.69) is 53.3 Å². The smallest absolute Gasteiger partial charge is 0.0749 e. The van der Waals surface area contributed by atoms with E-state index in [1.54, 1.807) is 0 Å². The molecule has 1 N–H and O–H groups in total. The van der Waals surface area contributed by atoms with Crippen LogP contribution in [0.1, 0.15) is 38.3 Å². The van der Waals surface area contributed by atoms with E-state index in [1.807, 2.05) is 19.2 Å². The molecule has 0 aliphatic rings. The van der Waals surface area contributed by atoms with E-state index < -0.39 is 0 Å². The van der Waals surface area contributed by atoms with Crippen LogP contribution in [0.3, 0.4) is 0 Å². The lowest BCUT2D eigenvalue weighted by Crippen LogP contribution is -2.21. The van der Waals surface area contributed by atoms with E-state index in [1.165, 1.54) is 10.9 Å². The third kappa shape index (κ3) is 3.33. The van der Waals surface area contributed by atoms with E-state index in [4.69, 9.17) is 0 Å². The van der Waals surface area contributed by atoms with Gasteiger partial charge in [0.2, 0.25) is 0 Å². The van der Waals surface area contributed by atoms with Crippen LogP contribution in [0.25, 0.3) is 10.9 Å². The van der Waals surface area contributed by atoms with Gasteiger partial charge in [-0.1, -0.05) is 31.2 Å². The molecule has 0 spiro atoms. The fourth-order valence-electron chi connectivity index (χ4n) is 2.36. The number of pyridine rings is 1. The van der Waals surface area contributed by atoms with Gasteiger partial charge in [0, 0.05) is 24.0 Å². The number of aromatic nitrogens is 1. The highest BCUT2D eigenvalue weighted by Gasteiger charge is 2.13. The molecular weight excluding hydrogens is 232 g/mol. The maximum Gasteiger partial charge on any atom is 0.0749 e. The number of hydrogen-bond donors (Lipinski definition) is 1. The van der Waals surface area contributed by atoms with E-state index in [-0.39, 0.29) is 0 Å². The summed E-state index contributed by atoms with van der Waals surface area (Å²) in [6.45, 7) is 4.98. The molecule has 1 aromatic heterocycles. The van der Waals surface area contributed by atoms with Crippen molar-refractivity contribution >= 4 is 10.9 Å². The molecule has 0 bridgehead atoms. The largest absolute Gasteiger partial charge is 0.310 e. The van der Waals surface area contributed by atoms with E-state index >= 15 is 0 Å². The Kier molecular flexibility index (Phi) is 4.94. The topological polar surface area (TPSA) is 24.9 Å². The fourth-order valence-corrected chi connectivity index (χ4v) is 2.36. The van der Waals surface area contributed by atoms with Gasteiger partial charge in [-0.25, -0.2) is 0 Å². The van der Waals surface area contributed by atoms with Crippen molar-refractivity contribution < 1.29 is 0 Å². The zero-order chi connectivity index (χ0) is 13.5. The molecule has 2 nitrogen and oxygen atoms in total. The molecule has 0 amide bonds. The highest BCUT2D eigenvalue weighted by molar-refractivity contribution is 5.82. The predicted molar refractivity (Wildman–Crippen MR) is 80.8 cm³/mol. The molecule has 0 saturated heterocycles. The van der Waals surface area contributed by atoms with Crippen LogP contribution in [0.5, 0.6) is 0 Å². The SMILES string of the molecule is CC#CCCC(NCC)c1cccc2cccnc12. The molecule has 0 aliphatic heterocycles. The predicted octanol–water partition coefficient (Wildman–Crippen LogP) is 3.69. The third-order valence-corrected chi connectivity index (χ3v) is 3.22. The van der Waals surface area contributed by atoms with E-state index in [0.29, 0.717) is 6.04 Å². The second-order valence-electron chi connectivity index (χ2n) is 4.50. The summed E-state index contributed by atoms with van der Waals surface area (Å²) in [6.07, 6.45) is 3.79. The number of nitrogens with one attached hydrogen (secondary N) is 1. The Balaban J connectivity index is 2.34. The van der Waals surface area contributed by atoms with Gasteiger partial charge in [-0.05, 0) is 31.5 Å². The second kappa shape index (κ2) is 6.92. The molecule has 98 valence electrons. The summed E-state index contributed by atoms with van der Waals surface area (Å²) in [4.78, 5) is 4.54. The van der Waals surface area contributed by atoms with Crippen LogP contribution in [-0.2, 0) is 0 Å². The molecular formula is C17H20N2. The summed E-state index contributed by atoms with van der Waals surface area (Å²) in [7, 11) is 0. The molecule has 1 unspecified atom stereocenters. The number of nitrogens with zero attached hydrogens (tertiary/aromatic N) is 1. The molecule has 0 saturated carbocycles. The zero-order valence-electron chi connectivity index (χ0n) is 11.6. The van der Waals surface area contributed by atoms with Crippen molar-refractivity contribution in [1.82, 2.24) is 10.3 Å². The molecule has 2 heteroatoms. The molecule has 2 rings (SSSR count). The molecule has 0 aliphatic carbocycles. The van der Waals surface area contributed by atoms with Gasteiger partial charge in [0.05, 0.1) is 5.52 Å². The summed E-state index contributed by atoms with van der Waals surface area (Å²) >= 11 is 0. The fraction of sp³-hybridized carbons (Fsp3) is 0.353. The summed E-state index contributed by atoms with van der Waals surface area (Å²) < 4.78 is 0. The van der Waals surface area contributed by atoms with Gasteiger partial charge in [0.1, 0.15) is 0 Å². The maximum absolute atomic E-state index is 4.54. The summed E-state index contributed by atoms with van der Waals surface area (Å²) in [6, 6.07) is 10.8. The number of fused-ring (bicyclic) bond motifs is 1. The van der Waals surface area contributed by atoms with Gasteiger partial charge in [0.15, 0.2) is 0 Å². The Morgan fingerprint density at radius 2 is 2.11 bits per heavy atom. The van der Waals surface area contributed by atoms with Crippen LogP contribution in [0, 0.1) is 11.8 Å². The van der Waals surface area contributed by atoms with Gasteiger partial charge < -0.3 is 5.32 Å². The van der Waals surface area contributed by atoms with Crippen molar-refractivity contribution in [3.05, 3.63) is 42.1 Å². The maximum atomic E-state index is 4.54. The van der Waals surface area contributed by atoms with Crippen LogP contribution in [0.4, 0.5) is 0 Å². The van der Waals surface area contributed by atoms with Gasteiger partial charge >= 0.3 is 0 Å². The van der Waals surface area contributed by atoms with Gasteiger partial charge in [-0.3, -0.25) is 4.98 Å². The molecule has 19 heavy (non-hydrogen) atoms. The van der Waals surface area contributed by atoms with E-state index in [9.17, 15) is 0 Å². The molecule has 1 heterocycles. The normalized spacial score (nSPS) is 11.9. The summed E-state index contributed by atoms with van der Waals surface area (Å²) in [5, 5.41) is 4.74. The van der Waals surface area contributed by atoms with Crippen LogP contribution in [0.2, 0.25) is 0 Å². The molecule has 1 aromatic carbocycles. The Morgan fingerprint density at radius 3 is 2.89 bits per heavy atom. The molecule has 2 aromatic rings. The highest BCUT2D eigenvalue weighted by Crippen LogP contribution is 2.25. The van der Waals surface area contributed by atoms with Gasteiger partial charge in [0.25, 0.3) is 0 Å². The standard InChI is InChI=1S/C17H20N2/c1-3-5-6-12-16(18-4-2)15-11-7-9-14-10-8-13-19-17(14)15/h7-11,13,16,18H,4,6,12H2,1-2H3. The molecule has 1 atom stereocenters. The first-order valence-electron chi connectivity index (χ1n) is 6.83. The van der Waals surface area contributed by atoms with Crippen molar-refractivity contribution in [2.45, 2.75) is 32.7 Å². The summed E-state index contributed by atoms with van der Waals surface area (Å²) in [5.41, 5.74) is 2.37. The van der Waals surface area contributed by atoms with Gasteiger partial charge in [-0.15, -0.1) is 11.8 Å². The van der Waals surface area contributed by atoms with Crippen molar-refractivity contribution in [2.24, 2.45) is 0 Å². The second-order valence-corrected chi connectivity index (χ2v) is 4.50. The van der Waals surface area contributed by atoms with Crippen molar-refractivity contribution in [2.75, 3.05) is 6.54 Å². The minimum atomic E-state index is 0.324. The van der Waals surface area contributed by atoms with Crippen LogP contribution in [0.15, 0.2) is 36.5 Å². The first-order chi connectivity index (χ1) is 9.36. The van der Waals surface area contributed by atoms with Crippen molar-refractivity contribution in [3.8, 4) is 11.8 Å². The van der Waals surface area contributed by atoms with Crippen LogP contribution < -0.4 is 5.32 Å². The van der Waals surface area contributed by atoms with Crippen LogP contribution in [-0.4, -0.2) is 11.5 Å². The summed E-state index contributed by atoms with van der Waals surface area (Å²) in [5.74, 6) is 6.10.